The van der Waals surface area contributed by atoms with Crippen LogP contribution in [0.25, 0.3) is 0 Å². The number of carbonyl (C=O) groups excluding carboxylic acids is 1. The number of hydrogen-bond donors (Lipinski definition) is 0. The van der Waals surface area contributed by atoms with E-state index in [2.05, 4.69) is 67.3 Å². The van der Waals surface area contributed by atoms with Gasteiger partial charge in [0.05, 0.1) is 18.3 Å². The predicted molar refractivity (Wildman–Crippen MR) is 113 cm³/mol. The minimum atomic E-state index is -0.0193. The summed E-state index contributed by atoms with van der Waals surface area (Å²) in [6.07, 6.45) is 4.41. The van der Waals surface area contributed by atoms with Crippen LogP contribution in [0.2, 0.25) is 0 Å². The summed E-state index contributed by atoms with van der Waals surface area (Å²) in [4.78, 5) is 15.4. The van der Waals surface area contributed by atoms with Gasteiger partial charge in [-0.15, -0.1) is 0 Å². The Morgan fingerprint density at radius 2 is 1.54 bits per heavy atom. The first-order chi connectivity index (χ1) is 13.6. The number of hydrazone groups is 1. The molecule has 2 aromatic carbocycles. The van der Waals surface area contributed by atoms with Gasteiger partial charge in [-0.3, -0.25) is 9.69 Å². The molecule has 2 aliphatic heterocycles. The molecule has 1 atom stereocenters. The fourth-order valence-electron chi connectivity index (χ4n) is 4.09. The van der Waals surface area contributed by atoms with Gasteiger partial charge in [0.15, 0.2) is 0 Å². The van der Waals surface area contributed by atoms with Crippen molar-refractivity contribution in [1.82, 2.24) is 9.91 Å². The van der Waals surface area contributed by atoms with Crippen LogP contribution in [0.15, 0.2) is 53.6 Å². The van der Waals surface area contributed by atoms with Crippen molar-refractivity contribution >= 4 is 11.6 Å². The highest BCUT2D eigenvalue weighted by atomic mass is 16.2. The number of piperidine rings is 1. The maximum atomic E-state index is 13.2. The van der Waals surface area contributed by atoms with Crippen LogP contribution in [-0.4, -0.2) is 41.2 Å². The number of nitrogens with zero attached hydrogens (tertiary/aromatic N) is 3. The van der Waals surface area contributed by atoms with Crippen LogP contribution in [0.3, 0.4) is 0 Å². The van der Waals surface area contributed by atoms with E-state index in [1.54, 1.807) is 5.01 Å². The predicted octanol–water partition coefficient (Wildman–Crippen LogP) is 4.47. The van der Waals surface area contributed by atoms with Gasteiger partial charge in [-0.05, 0) is 50.9 Å². The van der Waals surface area contributed by atoms with Crippen molar-refractivity contribution in [2.24, 2.45) is 5.10 Å². The van der Waals surface area contributed by atoms with Crippen LogP contribution >= 0.6 is 0 Å². The summed E-state index contributed by atoms with van der Waals surface area (Å²) in [5, 5.41) is 6.55. The summed E-state index contributed by atoms with van der Waals surface area (Å²) >= 11 is 0. The van der Waals surface area contributed by atoms with Crippen molar-refractivity contribution < 1.29 is 4.79 Å². The third-order valence-corrected chi connectivity index (χ3v) is 5.82. The molecular formula is C24H29N3O. The average Bonchev–Trinajstić information content (AvgIpc) is 3.15. The van der Waals surface area contributed by atoms with Crippen molar-refractivity contribution in [2.45, 2.75) is 45.6 Å². The van der Waals surface area contributed by atoms with E-state index in [1.807, 2.05) is 0 Å². The second-order valence-corrected chi connectivity index (χ2v) is 8.12. The molecule has 4 rings (SSSR count). The molecule has 0 N–H and O–H groups in total. The highest BCUT2D eigenvalue weighted by molar-refractivity contribution is 6.03. The van der Waals surface area contributed by atoms with Crippen LogP contribution in [-0.2, 0) is 4.79 Å². The number of benzene rings is 2. The molecule has 0 bridgehead atoms. The molecular weight excluding hydrogens is 346 g/mol. The summed E-state index contributed by atoms with van der Waals surface area (Å²) in [5.74, 6) is 0.106. The van der Waals surface area contributed by atoms with Gasteiger partial charge in [-0.2, -0.15) is 5.10 Å². The Morgan fingerprint density at radius 3 is 2.18 bits per heavy atom. The quantitative estimate of drug-likeness (QED) is 0.791. The summed E-state index contributed by atoms with van der Waals surface area (Å²) < 4.78 is 0. The van der Waals surface area contributed by atoms with E-state index in [9.17, 15) is 4.79 Å². The lowest BCUT2D eigenvalue weighted by Gasteiger charge is -2.29. The topological polar surface area (TPSA) is 35.9 Å². The van der Waals surface area contributed by atoms with Gasteiger partial charge in [0.1, 0.15) is 0 Å². The van der Waals surface area contributed by atoms with Crippen molar-refractivity contribution in [3.05, 3.63) is 70.8 Å². The van der Waals surface area contributed by atoms with Crippen LogP contribution < -0.4 is 0 Å². The van der Waals surface area contributed by atoms with Gasteiger partial charge >= 0.3 is 0 Å². The SMILES string of the molecule is Cc1ccc(C2=NN(C(=O)CN3CCCCC3)[C@@H](c3ccc(C)cc3)C2)cc1. The van der Waals surface area contributed by atoms with Crippen LogP contribution in [0.1, 0.15) is 54.0 Å². The third-order valence-electron chi connectivity index (χ3n) is 5.82. The zero-order valence-corrected chi connectivity index (χ0v) is 16.9. The highest BCUT2D eigenvalue weighted by Gasteiger charge is 2.33. The molecule has 0 saturated carbocycles. The normalized spacial score (nSPS) is 20.3. The lowest BCUT2D eigenvalue weighted by Crippen LogP contribution is -2.40. The second-order valence-electron chi connectivity index (χ2n) is 8.12. The molecule has 1 amide bonds. The van der Waals surface area contributed by atoms with E-state index in [0.717, 1.165) is 36.3 Å². The molecule has 4 nitrogen and oxygen atoms in total. The fraction of sp³-hybridized carbons (Fsp3) is 0.417. The summed E-state index contributed by atoms with van der Waals surface area (Å²) in [6.45, 7) is 6.68. The first-order valence-corrected chi connectivity index (χ1v) is 10.4. The van der Waals surface area contributed by atoms with Crippen LogP contribution in [0.4, 0.5) is 0 Å². The zero-order valence-electron chi connectivity index (χ0n) is 16.9. The monoisotopic (exact) mass is 375 g/mol. The standard InChI is InChI=1S/C24H29N3O/c1-18-6-10-20(11-7-18)22-16-23(21-12-8-19(2)9-13-21)27(25-22)24(28)17-26-14-4-3-5-15-26/h6-13,23H,3-5,14-17H2,1-2H3/t23-/m1/s1. The van der Waals surface area contributed by atoms with Crippen LogP contribution in [0, 0.1) is 13.8 Å². The van der Waals surface area contributed by atoms with E-state index in [0.29, 0.717) is 6.54 Å². The largest absolute Gasteiger partial charge is 0.294 e. The molecule has 146 valence electrons. The summed E-state index contributed by atoms with van der Waals surface area (Å²) in [7, 11) is 0. The second kappa shape index (κ2) is 8.27. The molecule has 1 saturated heterocycles. The summed E-state index contributed by atoms with van der Waals surface area (Å²) in [5.41, 5.74) is 5.72. The number of rotatable bonds is 4. The number of amides is 1. The molecule has 28 heavy (non-hydrogen) atoms. The van der Waals surface area contributed by atoms with E-state index in [-0.39, 0.29) is 11.9 Å². The number of carbonyl (C=O) groups is 1. The lowest BCUT2D eigenvalue weighted by atomic mass is 9.97. The summed E-state index contributed by atoms with van der Waals surface area (Å²) in [6, 6.07) is 16.9. The molecule has 4 heteroatoms. The molecule has 2 heterocycles. The molecule has 0 radical (unpaired) electrons. The van der Waals surface area contributed by atoms with E-state index in [1.165, 1.54) is 30.4 Å². The number of aryl methyl sites for hydroxylation is 2. The Kier molecular flexibility index (Phi) is 5.58. The zero-order chi connectivity index (χ0) is 19.5. The van der Waals surface area contributed by atoms with Gasteiger partial charge in [0.25, 0.3) is 5.91 Å². The van der Waals surface area contributed by atoms with Gasteiger partial charge in [0, 0.05) is 6.42 Å². The van der Waals surface area contributed by atoms with E-state index in [4.69, 9.17) is 5.10 Å². The molecule has 1 fully saturated rings. The first-order valence-electron chi connectivity index (χ1n) is 10.4. The van der Waals surface area contributed by atoms with Gasteiger partial charge in [-0.25, -0.2) is 5.01 Å². The van der Waals surface area contributed by atoms with E-state index < -0.39 is 0 Å². The molecule has 2 aliphatic rings. The molecule has 0 aromatic heterocycles. The van der Waals surface area contributed by atoms with Crippen molar-refractivity contribution in [3.8, 4) is 0 Å². The van der Waals surface area contributed by atoms with E-state index >= 15 is 0 Å². The molecule has 0 aliphatic carbocycles. The maximum absolute atomic E-state index is 13.2. The van der Waals surface area contributed by atoms with Crippen molar-refractivity contribution in [1.29, 1.82) is 0 Å². The smallest absolute Gasteiger partial charge is 0.257 e. The number of likely N-dealkylation sites (tertiary alicyclic amines) is 1. The average molecular weight is 376 g/mol. The lowest BCUT2D eigenvalue weighted by molar-refractivity contribution is -0.134. The Labute approximate surface area is 167 Å². The van der Waals surface area contributed by atoms with Crippen molar-refractivity contribution in [3.63, 3.8) is 0 Å². The molecule has 0 spiro atoms. The Morgan fingerprint density at radius 1 is 0.929 bits per heavy atom. The van der Waals surface area contributed by atoms with Gasteiger partial charge in [0.2, 0.25) is 0 Å². The van der Waals surface area contributed by atoms with Gasteiger partial charge < -0.3 is 0 Å². The van der Waals surface area contributed by atoms with Gasteiger partial charge in [-0.1, -0.05) is 66.1 Å². The third kappa shape index (κ3) is 4.17. The Hall–Kier alpha value is -2.46. The molecule has 0 unspecified atom stereocenters. The minimum absolute atomic E-state index is 0.0193. The molecule has 2 aromatic rings. The number of hydrogen-bond acceptors (Lipinski definition) is 3. The fourth-order valence-corrected chi connectivity index (χ4v) is 4.09. The highest BCUT2D eigenvalue weighted by Crippen LogP contribution is 2.33. The Balaban J connectivity index is 1.59. The first kappa shape index (κ1) is 18.9. The maximum Gasteiger partial charge on any atom is 0.257 e. The van der Waals surface area contributed by atoms with Crippen molar-refractivity contribution in [2.75, 3.05) is 19.6 Å². The Bertz CT molecular complexity index is 848. The van der Waals surface area contributed by atoms with Crippen LogP contribution in [0.5, 0.6) is 0 Å². The minimum Gasteiger partial charge on any atom is -0.294 e.